The number of carbonyl (C=O) groups is 1. The SMILES string of the molecule is C=CCn1cc(CN2CCC(C[C@@H]3CC(c4ccc(C)cc4)=NO3)(C(=O)O)CC2)c(C)n1. The summed E-state index contributed by atoms with van der Waals surface area (Å²) in [5.41, 5.74) is 4.59. The van der Waals surface area contributed by atoms with Crippen LogP contribution in [0.3, 0.4) is 0 Å². The van der Waals surface area contributed by atoms with Gasteiger partial charge in [-0.3, -0.25) is 14.4 Å². The van der Waals surface area contributed by atoms with Gasteiger partial charge in [0.2, 0.25) is 0 Å². The maximum Gasteiger partial charge on any atom is 0.309 e. The second kappa shape index (κ2) is 9.28. The topological polar surface area (TPSA) is 80.0 Å². The van der Waals surface area contributed by atoms with Gasteiger partial charge in [-0.1, -0.05) is 41.1 Å². The Morgan fingerprint density at radius 1 is 1.28 bits per heavy atom. The van der Waals surface area contributed by atoms with Crippen LogP contribution in [-0.2, 0) is 22.7 Å². The van der Waals surface area contributed by atoms with Crippen molar-refractivity contribution < 1.29 is 14.7 Å². The molecule has 2 aliphatic heterocycles. The number of likely N-dealkylation sites (tertiary alicyclic amines) is 1. The minimum atomic E-state index is -0.762. The molecule has 0 aliphatic carbocycles. The number of allylic oxidation sites excluding steroid dienone is 1. The Balaban J connectivity index is 1.35. The molecule has 3 heterocycles. The third kappa shape index (κ3) is 4.78. The van der Waals surface area contributed by atoms with Gasteiger partial charge in [0.25, 0.3) is 0 Å². The van der Waals surface area contributed by atoms with Gasteiger partial charge >= 0.3 is 5.97 Å². The van der Waals surface area contributed by atoms with Gasteiger partial charge in [0.1, 0.15) is 6.10 Å². The molecule has 1 saturated heterocycles. The summed E-state index contributed by atoms with van der Waals surface area (Å²) >= 11 is 0. The molecular weight excluding hydrogens is 404 g/mol. The van der Waals surface area contributed by atoms with Gasteiger partial charge in [-0.25, -0.2) is 0 Å². The lowest BCUT2D eigenvalue weighted by Gasteiger charge is -2.39. The Hall–Kier alpha value is -2.93. The highest BCUT2D eigenvalue weighted by molar-refractivity contribution is 6.01. The lowest BCUT2D eigenvalue weighted by molar-refractivity contribution is -0.155. The lowest BCUT2D eigenvalue weighted by Crippen LogP contribution is -2.45. The Labute approximate surface area is 189 Å². The van der Waals surface area contributed by atoms with E-state index in [1.807, 2.05) is 29.8 Å². The molecule has 7 heteroatoms. The zero-order valence-electron chi connectivity index (χ0n) is 19.0. The molecule has 1 N–H and O–H groups in total. The average molecular weight is 437 g/mol. The fourth-order valence-corrected chi connectivity index (χ4v) is 4.72. The summed E-state index contributed by atoms with van der Waals surface area (Å²) in [5.74, 6) is -0.723. The van der Waals surface area contributed by atoms with E-state index in [2.05, 4.69) is 47.0 Å². The van der Waals surface area contributed by atoms with E-state index in [1.165, 1.54) is 11.1 Å². The van der Waals surface area contributed by atoms with Crippen LogP contribution in [-0.4, -0.2) is 50.7 Å². The van der Waals surface area contributed by atoms with Gasteiger partial charge in [-0.15, -0.1) is 6.58 Å². The summed E-state index contributed by atoms with van der Waals surface area (Å²) in [4.78, 5) is 20.3. The predicted molar refractivity (Wildman–Crippen MR) is 124 cm³/mol. The Bertz CT molecular complexity index is 1000. The maximum absolute atomic E-state index is 12.3. The molecule has 0 unspecified atom stereocenters. The summed E-state index contributed by atoms with van der Waals surface area (Å²) < 4.78 is 1.90. The Kier molecular flexibility index (Phi) is 6.46. The molecule has 0 amide bonds. The summed E-state index contributed by atoms with van der Waals surface area (Å²) in [5, 5.41) is 18.9. The molecule has 4 rings (SSSR count). The number of piperidine rings is 1. The third-order valence-electron chi connectivity index (χ3n) is 6.76. The molecule has 1 fully saturated rings. The largest absolute Gasteiger partial charge is 0.481 e. The van der Waals surface area contributed by atoms with Crippen LogP contribution < -0.4 is 0 Å². The van der Waals surface area contributed by atoms with Gasteiger partial charge in [-0.05, 0) is 45.3 Å². The van der Waals surface area contributed by atoms with E-state index in [4.69, 9.17) is 4.84 Å². The molecule has 0 spiro atoms. The van der Waals surface area contributed by atoms with E-state index in [-0.39, 0.29) is 6.10 Å². The summed E-state index contributed by atoms with van der Waals surface area (Å²) in [6, 6.07) is 8.21. The molecule has 0 radical (unpaired) electrons. The highest BCUT2D eigenvalue weighted by atomic mass is 16.6. The summed E-state index contributed by atoms with van der Waals surface area (Å²) in [6.07, 6.45) is 6.08. The van der Waals surface area contributed by atoms with Crippen molar-refractivity contribution in [1.29, 1.82) is 0 Å². The predicted octanol–water partition coefficient (Wildman–Crippen LogP) is 3.94. The molecular formula is C25H32N4O3. The van der Waals surface area contributed by atoms with Gasteiger partial charge < -0.3 is 9.94 Å². The number of aliphatic carboxylic acids is 1. The molecule has 0 saturated carbocycles. The van der Waals surface area contributed by atoms with E-state index in [0.717, 1.165) is 36.6 Å². The number of aryl methyl sites for hydroxylation is 2. The van der Waals surface area contributed by atoms with Gasteiger partial charge in [0.15, 0.2) is 0 Å². The zero-order chi connectivity index (χ0) is 22.7. The number of carboxylic acid groups (broad SMARTS) is 1. The summed E-state index contributed by atoms with van der Waals surface area (Å²) in [7, 11) is 0. The number of oxime groups is 1. The first-order valence-corrected chi connectivity index (χ1v) is 11.3. The first kappa shape index (κ1) is 22.3. The number of nitrogens with zero attached hydrogens (tertiary/aromatic N) is 4. The van der Waals surface area contributed by atoms with E-state index >= 15 is 0 Å². The third-order valence-corrected chi connectivity index (χ3v) is 6.76. The van der Waals surface area contributed by atoms with Crippen molar-refractivity contribution in [2.75, 3.05) is 13.1 Å². The van der Waals surface area contributed by atoms with E-state index in [9.17, 15) is 9.90 Å². The molecule has 1 aromatic heterocycles. The van der Waals surface area contributed by atoms with E-state index in [0.29, 0.717) is 32.2 Å². The van der Waals surface area contributed by atoms with Crippen molar-refractivity contribution in [3.05, 3.63) is 65.5 Å². The first-order valence-electron chi connectivity index (χ1n) is 11.3. The number of hydrogen-bond acceptors (Lipinski definition) is 5. The second-order valence-corrected chi connectivity index (χ2v) is 9.15. The van der Waals surface area contributed by atoms with Gasteiger partial charge in [0.05, 0.1) is 23.4 Å². The molecule has 170 valence electrons. The minimum absolute atomic E-state index is 0.187. The highest BCUT2D eigenvalue weighted by Crippen LogP contribution is 2.39. The van der Waals surface area contributed by atoms with Crippen LogP contribution in [0.2, 0.25) is 0 Å². The number of aromatic nitrogens is 2. The lowest BCUT2D eigenvalue weighted by atomic mass is 9.73. The smallest absolute Gasteiger partial charge is 0.309 e. The molecule has 0 bridgehead atoms. The van der Waals surface area contributed by atoms with Gasteiger partial charge in [-0.2, -0.15) is 5.10 Å². The van der Waals surface area contributed by atoms with Crippen LogP contribution in [0, 0.1) is 19.3 Å². The molecule has 1 aromatic carbocycles. The van der Waals surface area contributed by atoms with Crippen LogP contribution in [0.15, 0.2) is 48.3 Å². The quantitative estimate of drug-likeness (QED) is 0.634. The number of hydrogen-bond donors (Lipinski definition) is 1. The molecule has 2 aromatic rings. The zero-order valence-corrected chi connectivity index (χ0v) is 19.0. The second-order valence-electron chi connectivity index (χ2n) is 9.15. The summed E-state index contributed by atoms with van der Waals surface area (Å²) in [6.45, 7) is 10.8. The van der Waals surface area contributed by atoms with Crippen molar-refractivity contribution in [3.8, 4) is 0 Å². The number of carboxylic acids is 1. The van der Waals surface area contributed by atoms with E-state index < -0.39 is 11.4 Å². The van der Waals surface area contributed by atoms with Gasteiger partial charge in [0, 0.05) is 31.1 Å². The highest BCUT2D eigenvalue weighted by Gasteiger charge is 2.45. The normalized spacial score (nSPS) is 20.6. The molecule has 1 atom stereocenters. The van der Waals surface area contributed by atoms with Crippen molar-refractivity contribution in [1.82, 2.24) is 14.7 Å². The Morgan fingerprint density at radius 2 is 2.00 bits per heavy atom. The van der Waals surface area contributed by atoms with Crippen molar-refractivity contribution in [2.24, 2.45) is 10.6 Å². The average Bonchev–Trinajstić information content (AvgIpc) is 3.37. The maximum atomic E-state index is 12.3. The fourth-order valence-electron chi connectivity index (χ4n) is 4.72. The standard InChI is InChI=1S/C25H32N4O3/c1-4-11-29-17-21(19(3)26-29)16-28-12-9-25(10-13-28,24(30)31)15-22-14-23(27-32-22)20-7-5-18(2)6-8-20/h4-8,17,22H,1,9-16H2,2-3H3,(H,30,31)/t22-/m0/s1. The number of rotatable bonds is 8. The van der Waals surface area contributed by atoms with Crippen LogP contribution in [0.4, 0.5) is 0 Å². The van der Waals surface area contributed by atoms with Crippen molar-refractivity contribution >= 4 is 11.7 Å². The van der Waals surface area contributed by atoms with Crippen LogP contribution in [0.5, 0.6) is 0 Å². The van der Waals surface area contributed by atoms with Crippen molar-refractivity contribution in [3.63, 3.8) is 0 Å². The molecule has 2 aliphatic rings. The van der Waals surface area contributed by atoms with E-state index in [1.54, 1.807) is 0 Å². The Morgan fingerprint density at radius 3 is 2.66 bits per heavy atom. The number of benzene rings is 1. The van der Waals surface area contributed by atoms with Crippen LogP contribution >= 0.6 is 0 Å². The molecule has 32 heavy (non-hydrogen) atoms. The van der Waals surface area contributed by atoms with Crippen LogP contribution in [0.1, 0.15) is 48.1 Å². The van der Waals surface area contributed by atoms with Crippen molar-refractivity contribution in [2.45, 2.75) is 58.7 Å². The minimum Gasteiger partial charge on any atom is -0.481 e. The molecule has 7 nitrogen and oxygen atoms in total. The monoisotopic (exact) mass is 436 g/mol. The van der Waals surface area contributed by atoms with Crippen LogP contribution in [0.25, 0.3) is 0 Å². The first-order chi connectivity index (χ1) is 15.4. The fraction of sp³-hybridized carbons (Fsp3) is 0.480.